The van der Waals surface area contributed by atoms with Crippen LogP contribution in [0.25, 0.3) is 0 Å². The van der Waals surface area contributed by atoms with E-state index >= 15 is 0 Å². The number of rotatable bonds is 3. The summed E-state index contributed by atoms with van der Waals surface area (Å²) < 4.78 is 0. The Morgan fingerprint density at radius 3 is 2.62 bits per heavy atom. The average Bonchev–Trinajstić information content (AvgIpc) is 2.43. The maximum absolute atomic E-state index is 12.4. The van der Waals surface area contributed by atoms with Gasteiger partial charge in [0.15, 0.2) is 0 Å². The average molecular weight is 290 g/mol. The Morgan fingerprint density at radius 2 is 2.00 bits per heavy atom. The molecule has 5 heteroatoms. The SMILES string of the molecule is CC(C(=O)Nc1ccccc1N)N1CCN(C)C(C)(C)C1. The number of nitrogens with two attached hydrogens (primary N) is 1. The molecule has 2 rings (SSSR count). The topological polar surface area (TPSA) is 61.6 Å². The molecule has 1 saturated heterocycles. The molecule has 116 valence electrons. The summed E-state index contributed by atoms with van der Waals surface area (Å²) in [6, 6.07) is 7.18. The molecule has 0 aliphatic carbocycles. The Bertz CT molecular complexity index is 515. The zero-order valence-corrected chi connectivity index (χ0v) is 13.4. The van der Waals surface area contributed by atoms with E-state index in [9.17, 15) is 4.79 Å². The highest BCUT2D eigenvalue weighted by Crippen LogP contribution is 2.22. The molecule has 1 aromatic carbocycles. The number of likely N-dealkylation sites (N-methyl/N-ethyl adjacent to an activating group) is 1. The summed E-state index contributed by atoms with van der Waals surface area (Å²) in [6.45, 7) is 9.12. The molecule has 0 radical (unpaired) electrons. The second kappa shape index (κ2) is 6.03. The summed E-state index contributed by atoms with van der Waals surface area (Å²) in [5.41, 5.74) is 7.23. The normalized spacial score (nSPS) is 21.0. The molecular formula is C16H26N4O. The van der Waals surface area contributed by atoms with Crippen molar-refractivity contribution in [1.82, 2.24) is 9.80 Å². The minimum Gasteiger partial charge on any atom is -0.397 e. The predicted octanol–water partition coefficient (Wildman–Crippen LogP) is 1.62. The van der Waals surface area contributed by atoms with Crippen molar-refractivity contribution in [3.63, 3.8) is 0 Å². The van der Waals surface area contributed by atoms with Crippen molar-refractivity contribution in [3.05, 3.63) is 24.3 Å². The van der Waals surface area contributed by atoms with Crippen LogP contribution in [0, 0.1) is 0 Å². The van der Waals surface area contributed by atoms with Crippen LogP contribution in [0.3, 0.4) is 0 Å². The number of nitrogen functional groups attached to an aromatic ring is 1. The van der Waals surface area contributed by atoms with E-state index in [1.165, 1.54) is 0 Å². The van der Waals surface area contributed by atoms with Gasteiger partial charge in [0, 0.05) is 25.2 Å². The number of benzene rings is 1. The smallest absolute Gasteiger partial charge is 0.241 e. The van der Waals surface area contributed by atoms with Gasteiger partial charge in [0.2, 0.25) is 5.91 Å². The summed E-state index contributed by atoms with van der Waals surface area (Å²) in [5, 5.41) is 2.93. The van der Waals surface area contributed by atoms with Crippen molar-refractivity contribution in [2.75, 3.05) is 37.7 Å². The van der Waals surface area contributed by atoms with Crippen molar-refractivity contribution in [2.24, 2.45) is 0 Å². The van der Waals surface area contributed by atoms with Crippen LogP contribution in [0.1, 0.15) is 20.8 Å². The van der Waals surface area contributed by atoms with Gasteiger partial charge in [-0.1, -0.05) is 12.1 Å². The van der Waals surface area contributed by atoms with Crippen molar-refractivity contribution in [1.29, 1.82) is 0 Å². The number of carbonyl (C=O) groups is 1. The van der Waals surface area contributed by atoms with Crippen LogP contribution < -0.4 is 11.1 Å². The monoisotopic (exact) mass is 290 g/mol. The molecule has 0 spiro atoms. The third-order valence-corrected chi connectivity index (χ3v) is 4.49. The highest BCUT2D eigenvalue weighted by molar-refractivity contribution is 5.97. The van der Waals surface area contributed by atoms with Crippen molar-refractivity contribution in [3.8, 4) is 0 Å². The molecule has 1 atom stereocenters. The van der Waals surface area contributed by atoms with Gasteiger partial charge in [0.1, 0.15) is 0 Å². The molecule has 1 unspecified atom stereocenters. The van der Waals surface area contributed by atoms with E-state index in [0.29, 0.717) is 11.4 Å². The molecular weight excluding hydrogens is 264 g/mol. The van der Waals surface area contributed by atoms with E-state index in [0.717, 1.165) is 19.6 Å². The van der Waals surface area contributed by atoms with Crippen LogP contribution in [0.2, 0.25) is 0 Å². The summed E-state index contributed by atoms with van der Waals surface area (Å²) in [5.74, 6) is -0.00625. The fourth-order valence-electron chi connectivity index (χ4n) is 2.62. The standard InChI is InChI=1S/C16H26N4O/c1-12(20-10-9-19(4)16(2,3)11-20)15(21)18-14-8-6-5-7-13(14)17/h5-8,12H,9-11,17H2,1-4H3,(H,18,21). The zero-order chi connectivity index (χ0) is 15.6. The molecule has 21 heavy (non-hydrogen) atoms. The van der Waals surface area contributed by atoms with Crippen LogP contribution in [0.15, 0.2) is 24.3 Å². The Morgan fingerprint density at radius 1 is 1.33 bits per heavy atom. The van der Waals surface area contributed by atoms with Gasteiger partial charge in [0.05, 0.1) is 17.4 Å². The van der Waals surface area contributed by atoms with Gasteiger partial charge >= 0.3 is 0 Å². The third-order valence-electron chi connectivity index (χ3n) is 4.49. The van der Waals surface area contributed by atoms with E-state index in [1.807, 2.05) is 25.1 Å². The lowest BCUT2D eigenvalue weighted by Crippen LogP contribution is -2.61. The van der Waals surface area contributed by atoms with Crippen molar-refractivity contribution in [2.45, 2.75) is 32.4 Å². The second-order valence-corrected chi connectivity index (χ2v) is 6.46. The van der Waals surface area contributed by atoms with Gasteiger partial charge in [-0.2, -0.15) is 0 Å². The number of para-hydroxylation sites is 2. The van der Waals surface area contributed by atoms with Crippen LogP contribution in [0.4, 0.5) is 11.4 Å². The number of anilines is 2. The molecule has 0 aromatic heterocycles. The molecule has 0 saturated carbocycles. The van der Waals surface area contributed by atoms with E-state index in [4.69, 9.17) is 5.73 Å². The Balaban J connectivity index is 2.01. The second-order valence-electron chi connectivity index (χ2n) is 6.46. The first-order valence-electron chi connectivity index (χ1n) is 7.42. The Hall–Kier alpha value is -1.59. The molecule has 5 nitrogen and oxygen atoms in total. The molecule has 1 amide bonds. The first-order chi connectivity index (χ1) is 9.81. The zero-order valence-electron chi connectivity index (χ0n) is 13.4. The molecule has 1 aliphatic heterocycles. The van der Waals surface area contributed by atoms with E-state index in [-0.39, 0.29) is 17.5 Å². The molecule has 1 heterocycles. The van der Waals surface area contributed by atoms with Crippen LogP contribution in [-0.4, -0.2) is 54.0 Å². The molecule has 0 bridgehead atoms. The first kappa shape index (κ1) is 15.8. The highest BCUT2D eigenvalue weighted by atomic mass is 16.2. The maximum Gasteiger partial charge on any atom is 0.241 e. The highest BCUT2D eigenvalue weighted by Gasteiger charge is 2.34. The maximum atomic E-state index is 12.4. The fraction of sp³-hybridized carbons (Fsp3) is 0.562. The molecule has 1 aromatic rings. The summed E-state index contributed by atoms with van der Waals surface area (Å²) in [7, 11) is 2.13. The Kier molecular flexibility index (Phi) is 4.54. The first-order valence-corrected chi connectivity index (χ1v) is 7.42. The summed E-state index contributed by atoms with van der Waals surface area (Å²) in [6.07, 6.45) is 0. The minimum atomic E-state index is -0.169. The molecule has 1 fully saturated rings. The van der Waals surface area contributed by atoms with Gasteiger partial charge in [0.25, 0.3) is 0 Å². The summed E-state index contributed by atoms with van der Waals surface area (Å²) >= 11 is 0. The number of nitrogens with one attached hydrogen (secondary N) is 1. The lowest BCUT2D eigenvalue weighted by molar-refractivity contribution is -0.122. The molecule has 1 aliphatic rings. The van der Waals surface area contributed by atoms with E-state index < -0.39 is 0 Å². The van der Waals surface area contributed by atoms with Crippen molar-refractivity contribution < 1.29 is 4.79 Å². The van der Waals surface area contributed by atoms with E-state index in [1.54, 1.807) is 6.07 Å². The van der Waals surface area contributed by atoms with Crippen LogP contribution in [0.5, 0.6) is 0 Å². The van der Waals surface area contributed by atoms with Crippen LogP contribution >= 0.6 is 0 Å². The number of hydrogen-bond acceptors (Lipinski definition) is 4. The predicted molar refractivity (Wildman–Crippen MR) is 87.2 cm³/mol. The molecule has 3 N–H and O–H groups in total. The number of nitrogens with zero attached hydrogens (tertiary/aromatic N) is 2. The van der Waals surface area contributed by atoms with Gasteiger partial charge in [-0.25, -0.2) is 0 Å². The third kappa shape index (κ3) is 3.54. The lowest BCUT2D eigenvalue weighted by atomic mass is 9.98. The quantitative estimate of drug-likeness (QED) is 0.831. The Labute approximate surface area is 127 Å². The minimum absolute atomic E-state index is 0.00625. The van der Waals surface area contributed by atoms with Gasteiger partial charge < -0.3 is 11.1 Å². The largest absolute Gasteiger partial charge is 0.397 e. The number of carbonyl (C=O) groups excluding carboxylic acids is 1. The van der Waals surface area contributed by atoms with Gasteiger partial charge in [-0.05, 0) is 40.0 Å². The lowest BCUT2D eigenvalue weighted by Gasteiger charge is -2.46. The number of hydrogen-bond donors (Lipinski definition) is 2. The fourth-order valence-corrected chi connectivity index (χ4v) is 2.62. The van der Waals surface area contributed by atoms with Gasteiger partial charge in [-0.3, -0.25) is 14.6 Å². The van der Waals surface area contributed by atoms with Gasteiger partial charge in [-0.15, -0.1) is 0 Å². The number of amides is 1. The van der Waals surface area contributed by atoms with Crippen molar-refractivity contribution >= 4 is 17.3 Å². The van der Waals surface area contributed by atoms with Crippen LogP contribution in [-0.2, 0) is 4.79 Å². The summed E-state index contributed by atoms with van der Waals surface area (Å²) in [4.78, 5) is 17.0. The van der Waals surface area contributed by atoms with E-state index in [2.05, 4.69) is 36.0 Å². The number of piperazine rings is 1.